The molecule has 0 N–H and O–H groups in total. The zero-order valence-corrected chi connectivity index (χ0v) is 10.9. The Labute approximate surface area is 105 Å². The third-order valence-electron chi connectivity index (χ3n) is 2.78. The van der Waals surface area contributed by atoms with Crippen molar-refractivity contribution in [3.8, 4) is 0 Å². The van der Waals surface area contributed by atoms with Gasteiger partial charge in [0.1, 0.15) is 10.0 Å². The van der Waals surface area contributed by atoms with Gasteiger partial charge in [-0.2, -0.15) is 4.31 Å². The van der Waals surface area contributed by atoms with E-state index in [-0.39, 0.29) is 16.2 Å². The molecule has 1 aromatic rings. The van der Waals surface area contributed by atoms with Gasteiger partial charge in [0.25, 0.3) is 0 Å². The van der Waals surface area contributed by atoms with Gasteiger partial charge in [0.05, 0.1) is 6.10 Å². The summed E-state index contributed by atoms with van der Waals surface area (Å²) in [5, 5.41) is 0.278. The van der Waals surface area contributed by atoms with Crippen LogP contribution in [0.15, 0.2) is 23.2 Å². The monoisotopic (exact) mass is 276 g/mol. The molecule has 5 nitrogen and oxygen atoms in total. The van der Waals surface area contributed by atoms with Crippen molar-refractivity contribution >= 4 is 21.6 Å². The van der Waals surface area contributed by atoms with Crippen molar-refractivity contribution in [3.05, 3.63) is 23.5 Å². The maximum Gasteiger partial charge on any atom is 0.244 e. The molecule has 1 aliphatic rings. The number of pyridine rings is 1. The Kier molecular flexibility index (Phi) is 3.67. The highest BCUT2D eigenvalue weighted by Gasteiger charge is 2.32. The molecule has 7 heteroatoms. The number of sulfonamides is 1. The first kappa shape index (κ1) is 12.8. The molecule has 0 amide bonds. The number of methoxy groups -OCH3 is 1. The third-order valence-corrected chi connectivity index (χ3v) is 4.85. The molecule has 2 heterocycles. The van der Waals surface area contributed by atoms with Gasteiger partial charge in [-0.25, -0.2) is 13.4 Å². The zero-order valence-electron chi connectivity index (χ0n) is 9.34. The van der Waals surface area contributed by atoms with Gasteiger partial charge in [-0.05, 0) is 18.6 Å². The predicted octanol–water partition coefficient (Wildman–Crippen LogP) is 1.14. The van der Waals surface area contributed by atoms with Crippen LogP contribution in [0.4, 0.5) is 0 Å². The minimum absolute atomic E-state index is 0.0231. The Hall–Kier alpha value is -0.690. The summed E-state index contributed by atoms with van der Waals surface area (Å²) in [6, 6.07) is 2.93. The number of hydrogen-bond acceptors (Lipinski definition) is 4. The van der Waals surface area contributed by atoms with Crippen LogP contribution in [0.2, 0.25) is 5.15 Å². The van der Waals surface area contributed by atoms with E-state index < -0.39 is 10.0 Å². The van der Waals surface area contributed by atoms with E-state index in [4.69, 9.17) is 16.3 Å². The summed E-state index contributed by atoms with van der Waals surface area (Å²) in [7, 11) is -1.88. The van der Waals surface area contributed by atoms with Crippen molar-refractivity contribution in [1.29, 1.82) is 0 Å². The molecule has 0 bridgehead atoms. The first-order valence-electron chi connectivity index (χ1n) is 5.18. The second kappa shape index (κ2) is 4.89. The van der Waals surface area contributed by atoms with Gasteiger partial charge in [0.15, 0.2) is 0 Å². The van der Waals surface area contributed by atoms with E-state index in [9.17, 15) is 8.42 Å². The maximum absolute atomic E-state index is 12.2. The highest BCUT2D eigenvalue weighted by Crippen LogP contribution is 2.22. The molecule has 94 valence electrons. The highest BCUT2D eigenvalue weighted by molar-refractivity contribution is 7.89. The average molecular weight is 277 g/mol. The molecular formula is C10H13ClN2O3S. The largest absolute Gasteiger partial charge is 0.380 e. The first-order valence-corrected chi connectivity index (χ1v) is 7.00. The molecule has 1 unspecified atom stereocenters. The van der Waals surface area contributed by atoms with Crippen LogP contribution in [-0.2, 0) is 14.8 Å². The molecule has 17 heavy (non-hydrogen) atoms. The quantitative estimate of drug-likeness (QED) is 0.777. The van der Waals surface area contributed by atoms with Gasteiger partial charge < -0.3 is 4.74 Å². The topological polar surface area (TPSA) is 59.5 Å². The second-order valence-corrected chi connectivity index (χ2v) is 6.15. The fourth-order valence-corrected chi connectivity index (χ4v) is 3.32. The molecular weight excluding hydrogens is 264 g/mol. The van der Waals surface area contributed by atoms with Gasteiger partial charge >= 0.3 is 0 Å². The molecule has 0 aliphatic carbocycles. The van der Waals surface area contributed by atoms with Crippen molar-refractivity contribution in [2.45, 2.75) is 17.4 Å². The van der Waals surface area contributed by atoms with E-state index in [1.807, 2.05) is 0 Å². The molecule has 1 atom stereocenters. The Balaban J connectivity index is 2.22. The summed E-state index contributed by atoms with van der Waals surface area (Å²) in [5.74, 6) is 0. The van der Waals surface area contributed by atoms with E-state index in [0.717, 1.165) is 6.42 Å². The van der Waals surface area contributed by atoms with Crippen LogP contribution < -0.4 is 0 Å². The Morgan fingerprint density at radius 3 is 2.82 bits per heavy atom. The van der Waals surface area contributed by atoms with Gasteiger partial charge in [-0.15, -0.1) is 0 Å². The number of aromatic nitrogens is 1. The van der Waals surface area contributed by atoms with Crippen molar-refractivity contribution in [3.63, 3.8) is 0 Å². The lowest BCUT2D eigenvalue weighted by Gasteiger charge is -2.15. The van der Waals surface area contributed by atoms with Crippen LogP contribution in [0.5, 0.6) is 0 Å². The Bertz CT molecular complexity index is 489. The molecule has 2 rings (SSSR count). The third kappa shape index (κ3) is 2.60. The van der Waals surface area contributed by atoms with Gasteiger partial charge in [0.2, 0.25) is 10.0 Å². The summed E-state index contributed by atoms with van der Waals surface area (Å²) < 4.78 is 30.9. The second-order valence-electron chi connectivity index (χ2n) is 3.83. The van der Waals surface area contributed by atoms with E-state index in [1.54, 1.807) is 7.11 Å². The number of nitrogens with zero attached hydrogens (tertiary/aromatic N) is 2. The van der Waals surface area contributed by atoms with Crippen molar-refractivity contribution in [2.24, 2.45) is 0 Å². The van der Waals surface area contributed by atoms with Crippen molar-refractivity contribution < 1.29 is 13.2 Å². The Morgan fingerprint density at radius 1 is 1.53 bits per heavy atom. The lowest BCUT2D eigenvalue weighted by molar-refractivity contribution is 0.115. The summed E-state index contributed by atoms with van der Waals surface area (Å²) in [5.41, 5.74) is 0. The maximum atomic E-state index is 12.2. The molecule has 1 fully saturated rings. The number of rotatable bonds is 3. The normalized spacial score (nSPS) is 21.9. The van der Waals surface area contributed by atoms with E-state index in [0.29, 0.717) is 13.1 Å². The van der Waals surface area contributed by atoms with Crippen LogP contribution in [0, 0.1) is 0 Å². The number of ether oxygens (including phenoxy) is 1. The van der Waals surface area contributed by atoms with Crippen molar-refractivity contribution in [1.82, 2.24) is 9.29 Å². The fourth-order valence-electron chi connectivity index (χ4n) is 1.77. The van der Waals surface area contributed by atoms with Gasteiger partial charge in [-0.1, -0.05) is 11.6 Å². The average Bonchev–Trinajstić information content (AvgIpc) is 2.78. The van der Waals surface area contributed by atoms with Gasteiger partial charge in [-0.3, -0.25) is 0 Å². The van der Waals surface area contributed by atoms with Gasteiger partial charge in [0, 0.05) is 26.4 Å². The summed E-state index contributed by atoms with van der Waals surface area (Å²) in [4.78, 5) is 3.95. The fraction of sp³-hybridized carbons (Fsp3) is 0.500. The van der Waals surface area contributed by atoms with Crippen LogP contribution in [0.1, 0.15) is 6.42 Å². The summed E-state index contributed by atoms with van der Waals surface area (Å²) >= 11 is 5.63. The lowest BCUT2D eigenvalue weighted by atomic mass is 10.3. The predicted molar refractivity (Wildman–Crippen MR) is 63.4 cm³/mol. The van der Waals surface area contributed by atoms with E-state index in [2.05, 4.69) is 4.98 Å². The molecule has 1 aromatic heterocycles. The standard InChI is InChI=1S/C10H13ClN2O3S/c1-16-8-4-5-13(7-8)17(14,15)9-2-3-10(11)12-6-9/h2-3,6,8H,4-5,7H2,1H3. The Morgan fingerprint density at radius 2 is 2.29 bits per heavy atom. The first-order chi connectivity index (χ1) is 8.04. The minimum Gasteiger partial charge on any atom is -0.380 e. The number of halogens is 1. The minimum atomic E-state index is -3.47. The summed E-state index contributed by atoms with van der Waals surface area (Å²) in [6.07, 6.45) is 1.97. The molecule has 1 saturated heterocycles. The molecule has 0 aromatic carbocycles. The zero-order chi connectivity index (χ0) is 12.5. The van der Waals surface area contributed by atoms with Crippen LogP contribution >= 0.6 is 11.6 Å². The van der Waals surface area contributed by atoms with Crippen LogP contribution in [-0.4, -0.2) is 44.0 Å². The molecule has 0 saturated carbocycles. The smallest absolute Gasteiger partial charge is 0.244 e. The van der Waals surface area contributed by atoms with Crippen LogP contribution in [0.3, 0.4) is 0 Å². The molecule has 1 aliphatic heterocycles. The molecule has 0 radical (unpaired) electrons. The lowest BCUT2D eigenvalue weighted by Crippen LogP contribution is -2.30. The van der Waals surface area contributed by atoms with E-state index in [1.165, 1.54) is 22.6 Å². The number of hydrogen-bond donors (Lipinski definition) is 0. The highest BCUT2D eigenvalue weighted by atomic mass is 35.5. The van der Waals surface area contributed by atoms with E-state index >= 15 is 0 Å². The summed E-state index contributed by atoms with van der Waals surface area (Å²) in [6.45, 7) is 0.866. The van der Waals surface area contributed by atoms with Crippen LogP contribution in [0.25, 0.3) is 0 Å². The SMILES string of the molecule is COC1CCN(S(=O)(=O)c2ccc(Cl)nc2)C1. The van der Waals surface area contributed by atoms with Crippen molar-refractivity contribution in [2.75, 3.05) is 20.2 Å². The molecule has 0 spiro atoms.